The first-order valence-electron chi connectivity index (χ1n) is 7.13. The number of urea groups is 1. The second kappa shape index (κ2) is 7.03. The van der Waals surface area contributed by atoms with Crippen LogP contribution in [0.4, 0.5) is 16.2 Å². The Morgan fingerprint density at radius 2 is 2.05 bits per heavy atom. The van der Waals surface area contributed by atoms with Crippen LogP contribution in [0, 0.1) is 10.1 Å². The molecular weight excluding hydrogens is 272 g/mol. The summed E-state index contributed by atoms with van der Waals surface area (Å²) < 4.78 is 0. The minimum Gasteiger partial charge on any atom is -0.335 e. The molecule has 1 fully saturated rings. The van der Waals surface area contributed by atoms with Crippen molar-refractivity contribution in [2.45, 2.75) is 25.8 Å². The van der Waals surface area contributed by atoms with Crippen LogP contribution in [0.15, 0.2) is 24.3 Å². The molecule has 0 aromatic heterocycles. The third-order valence-electron chi connectivity index (χ3n) is 3.72. The number of nitrogens with zero attached hydrogens (tertiary/aromatic N) is 2. The number of rotatable bonds is 4. The van der Waals surface area contributed by atoms with Crippen LogP contribution in [0.1, 0.15) is 19.8 Å². The molecule has 1 saturated heterocycles. The summed E-state index contributed by atoms with van der Waals surface area (Å²) in [6.45, 7) is 5.07. The van der Waals surface area contributed by atoms with Crippen LogP contribution in [-0.4, -0.2) is 41.5 Å². The number of carbonyl (C=O) groups excluding carboxylic acids is 1. The van der Waals surface area contributed by atoms with Crippen molar-refractivity contribution in [3.63, 3.8) is 0 Å². The molecule has 1 aliphatic rings. The molecular formula is C14H20N4O3. The number of para-hydroxylation sites is 2. The number of benzene rings is 1. The number of hydrogen-bond acceptors (Lipinski definition) is 4. The third kappa shape index (κ3) is 4.16. The quantitative estimate of drug-likeness (QED) is 0.658. The minimum atomic E-state index is -0.505. The second-order valence-corrected chi connectivity index (χ2v) is 5.08. The zero-order valence-electron chi connectivity index (χ0n) is 12.0. The van der Waals surface area contributed by atoms with Crippen LogP contribution in [-0.2, 0) is 0 Å². The maximum absolute atomic E-state index is 11.9. The lowest BCUT2D eigenvalue weighted by molar-refractivity contribution is -0.383. The van der Waals surface area contributed by atoms with E-state index < -0.39 is 4.92 Å². The molecule has 1 aromatic carbocycles. The first kappa shape index (κ1) is 15.2. The highest BCUT2D eigenvalue weighted by Crippen LogP contribution is 2.23. The molecule has 1 aliphatic heterocycles. The number of nitro benzene ring substituents is 1. The molecule has 0 spiro atoms. The summed E-state index contributed by atoms with van der Waals surface area (Å²) in [6, 6.07) is 5.85. The van der Waals surface area contributed by atoms with Crippen LogP contribution >= 0.6 is 0 Å². The third-order valence-corrected chi connectivity index (χ3v) is 3.72. The fourth-order valence-electron chi connectivity index (χ4n) is 2.48. The van der Waals surface area contributed by atoms with Gasteiger partial charge in [-0.25, -0.2) is 4.79 Å². The van der Waals surface area contributed by atoms with Crippen molar-refractivity contribution < 1.29 is 9.72 Å². The van der Waals surface area contributed by atoms with E-state index in [2.05, 4.69) is 22.5 Å². The summed E-state index contributed by atoms with van der Waals surface area (Å²) in [5, 5.41) is 16.3. The molecule has 21 heavy (non-hydrogen) atoms. The first-order valence-corrected chi connectivity index (χ1v) is 7.13. The van der Waals surface area contributed by atoms with E-state index >= 15 is 0 Å². The maximum Gasteiger partial charge on any atom is 0.319 e. The van der Waals surface area contributed by atoms with Gasteiger partial charge in [0, 0.05) is 25.2 Å². The van der Waals surface area contributed by atoms with Crippen LogP contribution in [0.5, 0.6) is 0 Å². The Bertz CT molecular complexity index is 513. The van der Waals surface area contributed by atoms with E-state index in [1.807, 2.05) is 0 Å². The number of nitro groups is 1. The Morgan fingerprint density at radius 1 is 1.38 bits per heavy atom. The Kier molecular flexibility index (Phi) is 5.10. The van der Waals surface area contributed by atoms with E-state index in [0.717, 1.165) is 32.5 Å². The minimum absolute atomic E-state index is 0.103. The highest BCUT2D eigenvalue weighted by Gasteiger charge is 2.21. The van der Waals surface area contributed by atoms with Gasteiger partial charge in [0.25, 0.3) is 5.69 Å². The van der Waals surface area contributed by atoms with Crippen LogP contribution in [0.2, 0.25) is 0 Å². The van der Waals surface area contributed by atoms with E-state index in [-0.39, 0.29) is 23.4 Å². The Hall–Kier alpha value is -2.15. The van der Waals surface area contributed by atoms with Crippen molar-refractivity contribution >= 4 is 17.4 Å². The average molecular weight is 292 g/mol. The van der Waals surface area contributed by atoms with Crippen molar-refractivity contribution in [2.24, 2.45) is 0 Å². The SMILES string of the molecule is CCN1CCC(NC(=O)Nc2ccccc2[N+](=O)[O-])CC1. The topological polar surface area (TPSA) is 87.5 Å². The number of amides is 2. The number of piperidine rings is 1. The number of carbonyl (C=O) groups is 1. The van der Waals surface area contributed by atoms with E-state index in [4.69, 9.17) is 0 Å². The van der Waals surface area contributed by atoms with Gasteiger partial charge in [0.1, 0.15) is 5.69 Å². The molecule has 7 heteroatoms. The zero-order chi connectivity index (χ0) is 15.2. The average Bonchev–Trinajstić information content (AvgIpc) is 2.48. The fraction of sp³-hybridized carbons (Fsp3) is 0.500. The molecule has 114 valence electrons. The van der Waals surface area contributed by atoms with Crippen LogP contribution in [0.25, 0.3) is 0 Å². The molecule has 2 N–H and O–H groups in total. The predicted molar refractivity (Wildman–Crippen MR) is 80.4 cm³/mol. The summed E-state index contributed by atoms with van der Waals surface area (Å²) >= 11 is 0. The van der Waals surface area contributed by atoms with Crippen molar-refractivity contribution in [3.8, 4) is 0 Å². The van der Waals surface area contributed by atoms with Crippen molar-refractivity contribution in [3.05, 3.63) is 34.4 Å². The lowest BCUT2D eigenvalue weighted by Gasteiger charge is -2.31. The molecule has 2 amide bonds. The number of anilines is 1. The highest BCUT2D eigenvalue weighted by atomic mass is 16.6. The van der Waals surface area contributed by atoms with Gasteiger partial charge in [-0.15, -0.1) is 0 Å². The molecule has 0 saturated carbocycles. The van der Waals surface area contributed by atoms with E-state index in [1.165, 1.54) is 12.1 Å². The van der Waals surface area contributed by atoms with Crippen molar-refractivity contribution in [1.29, 1.82) is 0 Å². The molecule has 0 unspecified atom stereocenters. The lowest BCUT2D eigenvalue weighted by Crippen LogP contribution is -2.45. The van der Waals surface area contributed by atoms with Gasteiger partial charge in [-0.05, 0) is 25.5 Å². The summed E-state index contributed by atoms with van der Waals surface area (Å²) in [6.07, 6.45) is 1.80. The molecule has 0 radical (unpaired) electrons. The van der Waals surface area contributed by atoms with E-state index in [0.29, 0.717) is 0 Å². The fourth-order valence-corrected chi connectivity index (χ4v) is 2.48. The van der Waals surface area contributed by atoms with Gasteiger partial charge in [-0.1, -0.05) is 19.1 Å². The number of hydrogen-bond donors (Lipinski definition) is 2. The van der Waals surface area contributed by atoms with Crippen LogP contribution in [0.3, 0.4) is 0 Å². The summed E-state index contributed by atoms with van der Waals surface area (Å²) in [4.78, 5) is 24.7. The Balaban J connectivity index is 1.89. The molecule has 1 heterocycles. The highest BCUT2D eigenvalue weighted by molar-refractivity contribution is 5.91. The normalized spacial score (nSPS) is 16.4. The largest absolute Gasteiger partial charge is 0.335 e. The molecule has 7 nitrogen and oxygen atoms in total. The molecule has 2 rings (SSSR count). The van der Waals surface area contributed by atoms with E-state index in [1.54, 1.807) is 12.1 Å². The van der Waals surface area contributed by atoms with Crippen molar-refractivity contribution in [2.75, 3.05) is 25.0 Å². The maximum atomic E-state index is 11.9. The standard InChI is InChI=1S/C14H20N4O3/c1-2-17-9-7-11(8-10-17)15-14(19)16-12-5-3-4-6-13(12)18(20)21/h3-6,11H,2,7-10H2,1H3,(H2,15,16,19). The summed E-state index contributed by atoms with van der Waals surface area (Å²) in [5.74, 6) is 0. The summed E-state index contributed by atoms with van der Waals surface area (Å²) in [7, 11) is 0. The smallest absolute Gasteiger partial charge is 0.319 e. The number of nitrogens with one attached hydrogen (secondary N) is 2. The Labute approximate surface area is 123 Å². The Morgan fingerprint density at radius 3 is 2.67 bits per heavy atom. The van der Waals surface area contributed by atoms with Crippen molar-refractivity contribution in [1.82, 2.24) is 10.2 Å². The molecule has 0 atom stereocenters. The molecule has 0 aliphatic carbocycles. The van der Waals surface area contributed by atoms with E-state index in [9.17, 15) is 14.9 Å². The summed E-state index contributed by atoms with van der Waals surface area (Å²) in [5.41, 5.74) is 0.111. The predicted octanol–water partition coefficient (Wildman–Crippen LogP) is 2.20. The van der Waals surface area contributed by atoms with Gasteiger partial charge in [-0.3, -0.25) is 10.1 Å². The van der Waals surface area contributed by atoms with Gasteiger partial charge < -0.3 is 15.5 Å². The second-order valence-electron chi connectivity index (χ2n) is 5.08. The number of likely N-dealkylation sites (tertiary alicyclic amines) is 1. The first-order chi connectivity index (χ1) is 10.1. The zero-order valence-corrected chi connectivity index (χ0v) is 12.0. The van der Waals surface area contributed by atoms with Gasteiger partial charge in [-0.2, -0.15) is 0 Å². The molecule has 0 bridgehead atoms. The monoisotopic (exact) mass is 292 g/mol. The van der Waals surface area contributed by atoms with Gasteiger partial charge in [0.05, 0.1) is 4.92 Å². The van der Waals surface area contributed by atoms with Crippen LogP contribution < -0.4 is 10.6 Å². The molecule has 1 aromatic rings. The van der Waals surface area contributed by atoms with Gasteiger partial charge >= 0.3 is 6.03 Å². The van der Waals surface area contributed by atoms with Gasteiger partial charge in [0.15, 0.2) is 0 Å². The van der Waals surface area contributed by atoms with Gasteiger partial charge in [0.2, 0.25) is 0 Å². The lowest BCUT2D eigenvalue weighted by atomic mass is 10.1.